The monoisotopic (exact) mass is 330 g/mol. The molecule has 5 nitrogen and oxygen atoms in total. The van der Waals surface area contributed by atoms with Crippen molar-refractivity contribution in [2.24, 2.45) is 0 Å². The Morgan fingerprint density at radius 2 is 1.67 bits per heavy atom. The van der Waals surface area contributed by atoms with Crippen LogP contribution in [0.2, 0.25) is 0 Å². The molecule has 1 aliphatic heterocycles. The van der Waals surface area contributed by atoms with E-state index in [2.05, 4.69) is 4.72 Å². The first kappa shape index (κ1) is 16.6. The van der Waals surface area contributed by atoms with E-state index in [9.17, 15) is 12.6 Å². The van der Waals surface area contributed by atoms with Gasteiger partial charge in [0.1, 0.15) is 0 Å². The molecular weight excluding hydrogens is 308 g/mol. The predicted octanol–water partition coefficient (Wildman–Crippen LogP) is 1.50. The minimum absolute atomic E-state index is 0.195. The lowest BCUT2D eigenvalue weighted by molar-refractivity contribution is 0.416. The molecule has 1 aromatic carbocycles. The normalized spacial score (nSPS) is 19.0. The first-order valence-electron chi connectivity index (χ1n) is 7.28. The van der Waals surface area contributed by atoms with Gasteiger partial charge in [0.05, 0.1) is 10.8 Å². The highest BCUT2D eigenvalue weighted by Crippen LogP contribution is 2.12. The van der Waals surface area contributed by atoms with E-state index < -0.39 is 21.0 Å². The maximum absolute atomic E-state index is 12.2. The number of rotatable bonds is 6. The van der Waals surface area contributed by atoms with Gasteiger partial charge in [0.25, 0.3) is 10.2 Å². The average molecular weight is 330 g/mol. The van der Waals surface area contributed by atoms with Crippen molar-refractivity contribution >= 4 is 21.0 Å². The first-order valence-corrected chi connectivity index (χ1v) is 10.0. The summed E-state index contributed by atoms with van der Waals surface area (Å²) in [5.74, 6) is 0.289. The van der Waals surface area contributed by atoms with Gasteiger partial charge in [-0.05, 0) is 25.0 Å². The van der Waals surface area contributed by atoms with Crippen LogP contribution < -0.4 is 4.72 Å². The molecule has 1 unspecified atom stereocenters. The summed E-state index contributed by atoms with van der Waals surface area (Å²) in [7, 11) is -4.61. The van der Waals surface area contributed by atoms with Crippen LogP contribution in [-0.4, -0.2) is 42.3 Å². The molecular formula is C14H22N2O3S2. The van der Waals surface area contributed by atoms with Gasteiger partial charge >= 0.3 is 0 Å². The fraction of sp³-hybridized carbons (Fsp3) is 0.571. The van der Waals surface area contributed by atoms with Gasteiger partial charge in [-0.15, -0.1) is 0 Å². The summed E-state index contributed by atoms with van der Waals surface area (Å²) < 4.78 is 40.4. The molecule has 0 saturated carbocycles. The van der Waals surface area contributed by atoms with Gasteiger partial charge in [0.2, 0.25) is 0 Å². The summed E-state index contributed by atoms with van der Waals surface area (Å²) in [6.45, 7) is 1.36. The molecule has 1 aromatic rings. The second-order valence-corrected chi connectivity index (χ2v) is 8.40. The number of hydrogen-bond donors (Lipinski definition) is 1. The molecule has 1 aliphatic rings. The van der Waals surface area contributed by atoms with Crippen LogP contribution in [0.5, 0.6) is 0 Å². The Morgan fingerprint density at radius 3 is 2.29 bits per heavy atom. The quantitative estimate of drug-likeness (QED) is 0.860. The molecule has 0 radical (unpaired) electrons. The van der Waals surface area contributed by atoms with Gasteiger partial charge in [-0.2, -0.15) is 12.7 Å². The molecule has 0 aromatic heterocycles. The largest absolute Gasteiger partial charge is 0.279 e. The Hall–Kier alpha value is -0.760. The van der Waals surface area contributed by atoms with Crippen molar-refractivity contribution in [2.45, 2.75) is 30.6 Å². The van der Waals surface area contributed by atoms with E-state index in [1.54, 1.807) is 12.1 Å². The summed E-state index contributed by atoms with van der Waals surface area (Å²) in [4.78, 5) is 0.728. The predicted molar refractivity (Wildman–Crippen MR) is 84.7 cm³/mol. The highest BCUT2D eigenvalue weighted by atomic mass is 32.2. The molecule has 1 fully saturated rings. The van der Waals surface area contributed by atoms with Crippen LogP contribution in [0.15, 0.2) is 35.2 Å². The van der Waals surface area contributed by atoms with Gasteiger partial charge in [0, 0.05) is 30.3 Å². The molecule has 1 N–H and O–H groups in total. The molecule has 1 heterocycles. The van der Waals surface area contributed by atoms with Crippen LogP contribution in [0.3, 0.4) is 0 Å². The molecule has 0 aliphatic carbocycles. The Labute approximate surface area is 129 Å². The second-order valence-electron chi connectivity index (χ2n) is 5.08. The maximum Gasteiger partial charge on any atom is 0.279 e. The van der Waals surface area contributed by atoms with Crippen LogP contribution in [0, 0.1) is 0 Å². The molecule has 21 heavy (non-hydrogen) atoms. The van der Waals surface area contributed by atoms with E-state index in [0.29, 0.717) is 13.1 Å². The van der Waals surface area contributed by atoms with Gasteiger partial charge in [-0.1, -0.05) is 31.0 Å². The summed E-state index contributed by atoms with van der Waals surface area (Å²) in [6, 6.07) is 9.10. The second kappa shape index (κ2) is 8.03. The lowest BCUT2D eigenvalue weighted by Crippen LogP contribution is -2.42. The van der Waals surface area contributed by atoms with Gasteiger partial charge in [-0.25, -0.2) is 4.72 Å². The van der Waals surface area contributed by atoms with E-state index in [1.165, 1.54) is 4.31 Å². The standard InChI is InChI=1S/C14H22N2O3S2/c17-20(14-8-4-3-5-9-14)13-10-15-21(18,19)16-11-6-1-2-7-12-16/h3-5,8-9,15H,1-2,6-7,10-13H2. The Balaban J connectivity index is 1.83. The molecule has 0 amide bonds. The third-order valence-corrected chi connectivity index (χ3v) is 6.47. The van der Waals surface area contributed by atoms with E-state index in [0.717, 1.165) is 30.6 Å². The summed E-state index contributed by atoms with van der Waals surface area (Å²) in [6.07, 6.45) is 4.00. The van der Waals surface area contributed by atoms with Crippen molar-refractivity contribution in [3.8, 4) is 0 Å². The Kier molecular flexibility index (Phi) is 6.35. The fourth-order valence-corrected chi connectivity index (χ4v) is 4.72. The average Bonchev–Trinajstić information content (AvgIpc) is 2.77. The number of benzene rings is 1. The van der Waals surface area contributed by atoms with E-state index >= 15 is 0 Å². The highest BCUT2D eigenvalue weighted by Gasteiger charge is 2.22. The third-order valence-electron chi connectivity index (χ3n) is 3.48. The lowest BCUT2D eigenvalue weighted by Gasteiger charge is -2.20. The van der Waals surface area contributed by atoms with Crippen LogP contribution in [0.1, 0.15) is 25.7 Å². The topological polar surface area (TPSA) is 66.5 Å². The van der Waals surface area contributed by atoms with Crippen LogP contribution >= 0.6 is 0 Å². The Bertz CT molecular complexity index is 553. The van der Waals surface area contributed by atoms with Crippen molar-refractivity contribution in [1.29, 1.82) is 0 Å². The van der Waals surface area contributed by atoms with Crippen molar-refractivity contribution in [1.82, 2.24) is 9.03 Å². The Morgan fingerprint density at radius 1 is 1.05 bits per heavy atom. The van der Waals surface area contributed by atoms with Crippen molar-refractivity contribution in [3.05, 3.63) is 30.3 Å². The number of hydrogen-bond acceptors (Lipinski definition) is 3. The van der Waals surface area contributed by atoms with Crippen molar-refractivity contribution < 1.29 is 12.6 Å². The maximum atomic E-state index is 12.2. The molecule has 118 valence electrons. The van der Waals surface area contributed by atoms with E-state index in [4.69, 9.17) is 0 Å². The first-order chi connectivity index (χ1) is 10.1. The van der Waals surface area contributed by atoms with Crippen LogP contribution in [0.4, 0.5) is 0 Å². The smallest absolute Gasteiger partial charge is 0.254 e. The number of nitrogens with zero attached hydrogens (tertiary/aromatic N) is 1. The molecule has 0 spiro atoms. The zero-order valence-corrected chi connectivity index (χ0v) is 13.7. The number of nitrogens with one attached hydrogen (secondary N) is 1. The zero-order chi connectivity index (χ0) is 15.1. The van der Waals surface area contributed by atoms with E-state index in [1.807, 2.05) is 18.2 Å². The van der Waals surface area contributed by atoms with Gasteiger partial charge in [-0.3, -0.25) is 4.21 Å². The van der Waals surface area contributed by atoms with Gasteiger partial charge in [0.15, 0.2) is 0 Å². The van der Waals surface area contributed by atoms with Gasteiger partial charge < -0.3 is 0 Å². The minimum atomic E-state index is -3.44. The zero-order valence-electron chi connectivity index (χ0n) is 12.0. The summed E-state index contributed by atoms with van der Waals surface area (Å²) >= 11 is 0. The minimum Gasteiger partial charge on any atom is -0.254 e. The molecule has 7 heteroatoms. The molecule has 2 rings (SSSR count). The lowest BCUT2D eigenvalue weighted by atomic mass is 10.2. The fourth-order valence-electron chi connectivity index (χ4n) is 2.33. The third kappa shape index (κ3) is 5.18. The van der Waals surface area contributed by atoms with Crippen molar-refractivity contribution in [2.75, 3.05) is 25.4 Å². The highest BCUT2D eigenvalue weighted by molar-refractivity contribution is 7.87. The van der Waals surface area contributed by atoms with Crippen molar-refractivity contribution in [3.63, 3.8) is 0 Å². The molecule has 1 atom stereocenters. The van der Waals surface area contributed by atoms with Crippen LogP contribution in [-0.2, 0) is 21.0 Å². The summed E-state index contributed by atoms with van der Waals surface area (Å²) in [5, 5.41) is 0. The molecule has 1 saturated heterocycles. The van der Waals surface area contributed by atoms with Crippen LogP contribution in [0.25, 0.3) is 0 Å². The SMILES string of the molecule is O=S(CCNS(=O)(=O)N1CCCCCC1)c1ccccc1. The summed E-state index contributed by atoms with van der Waals surface area (Å²) in [5.41, 5.74) is 0. The van der Waals surface area contributed by atoms with E-state index in [-0.39, 0.29) is 12.3 Å². The molecule has 0 bridgehead atoms.